The van der Waals surface area contributed by atoms with Crippen LogP contribution in [-0.4, -0.2) is 12.6 Å². The number of benzene rings is 4. The van der Waals surface area contributed by atoms with Gasteiger partial charge in [-0.25, -0.2) is 0 Å². The molecule has 1 aromatic heterocycles. The van der Waals surface area contributed by atoms with Gasteiger partial charge in [-0.2, -0.15) is 0 Å². The number of fused-ring (bicyclic) bond motifs is 1. The van der Waals surface area contributed by atoms with Crippen molar-refractivity contribution in [1.82, 2.24) is 0 Å². The van der Waals surface area contributed by atoms with E-state index in [-0.39, 0.29) is 12.4 Å². The summed E-state index contributed by atoms with van der Waals surface area (Å²) in [5.41, 5.74) is 11.5. The molecule has 0 aliphatic rings. The third-order valence-electron chi connectivity index (χ3n) is 6.33. The van der Waals surface area contributed by atoms with E-state index >= 15 is 0 Å². The van der Waals surface area contributed by atoms with E-state index in [0.29, 0.717) is 32.1 Å². The molecule has 2 N–H and O–H groups in total. The van der Waals surface area contributed by atoms with Gasteiger partial charge in [0.15, 0.2) is 0 Å². The molecule has 6 nitrogen and oxygen atoms in total. The maximum Gasteiger partial charge on any atom is 0.310 e. The van der Waals surface area contributed by atoms with E-state index in [2.05, 4.69) is 24.3 Å². The maximum absolute atomic E-state index is 12.1. The molecule has 0 radical (unpaired) electrons. The standard InChI is InChI=1S/C33H31NO5/c1-2-36-32(35)19-26-10-6-7-14-31(26)38-21-24-16-27-18-29(22-37-28-12-4-3-5-13-28)39-33(27)30(17-24)25-11-8-9-23(15-25)20-34/h3-18H,2,19-22,34H2,1H3. The fourth-order valence-corrected chi connectivity index (χ4v) is 4.49. The molecule has 0 bridgehead atoms. The fourth-order valence-electron chi connectivity index (χ4n) is 4.49. The van der Waals surface area contributed by atoms with Crippen LogP contribution in [0.4, 0.5) is 0 Å². The summed E-state index contributed by atoms with van der Waals surface area (Å²) in [4.78, 5) is 12.1. The van der Waals surface area contributed by atoms with Crippen LogP contribution in [0.15, 0.2) is 101 Å². The van der Waals surface area contributed by atoms with Crippen molar-refractivity contribution in [3.63, 3.8) is 0 Å². The largest absolute Gasteiger partial charge is 0.489 e. The first-order valence-electron chi connectivity index (χ1n) is 13.0. The highest BCUT2D eigenvalue weighted by Crippen LogP contribution is 2.34. The van der Waals surface area contributed by atoms with Crippen LogP contribution in [0, 0.1) is 0 Å². The molecule has 6 heteroatoms. The first-order chi connectivity index (χ1) is 19.1. The molecule has 198 valence electrons. The van der Waals surface area contributed by atoms with Gasteiger partial charge < -0.3 is 24.4 Å². The molecule has 0 aliphatic heterocycles. The Kier molecular flexibility index (Phi) is 8.24. The molecule has 0 saturated carbocycles. The van der Waals surface area contributed by atoms with Gasteiger partial charge in [0, 0.05) is 23.1 Å². The molecular formula is C33H31NO5. The number of hydrogen-bond donors (Lipinski definition) is 1. The Hall–Kier alpha value is -4.55. The number of carbonyl (C=O) groups is 1. The smallest absolute Gasteiger partial charge is 0.310 e. The summed E-state index contributed by atoms with van der Waals surface area (Å²) in [7, 11) is 0. The lowest BCUT2D eigenvalue weighted by molar-refractivity contribution is -0.142. The number of furan rings is 1. The van der Waals surface area contributed by atoms with E-state index in [4.69, 9.17) is 24.4 Å². The Morgan fingerprint density at radius 2 is 1.64 bits per heavy atom. The second kappa shape index (κ2) is 12.3. The first-order valence-corrected chi connectivity index (χ1v) is 13.0. The number of rotatable bonds is 11. The molecule has 4 aromatic carbocycles. The monoisotopic (exact) mass is 521 g/mol. The lowest BCUT2D eigenvalue weighted by Gasteiger charge is -2.13. The average molecular weight is 522 g/mol. The van der Waals surface area contributed by atoms with Crippen LogP contribution in [0.1, 0.15) is 29.4 Å². The third-order valence-corrected chi connectivity index (χ3v) is 6.33. The van der Waals surface area contributed by atoms with Gasteiger partial charge in [0.05, 0.1) is 13.0 Å². The number of nitrogens with two attached hydrogens (primary N) is 1. The maximum atomic E-state index is 12.1. The van der Waals surface area contributed by atoms with Crippen molar-refractivity contribution >= 4 is 16.9 Å². The zero-order valence-electron chi connectivity index (χ0n) is 21.9. The topological polar surface area (TPSA) is 83.9 Å². The zero-order chi connectivity index (χ0) is 27.0. The fraction of sp³-hybridized carbons (Fsp3) is 0.182. The summed E-state index contributed by atoms with van der Waals surface area (Å²) in [6.07, 6.45) is 0.159. The molecule has 0 saturated heterocycles. The molecule has 0 amide bonds. The van der Waals surface area contributed by atoms with E-state index < -0.39 is 0 Å². The molecule has 0 atom stereocenters. The molecule has 0 spiro atoms. The van der Waals surface area contributed by atoms with E-state index in [0.717, 1.165) is 50.3 Å². The van der Waals surface area contributed by atoms with Crippen LogP contribution in [0.3, 0.4) is 0 Å². The minimum Gasteiger partial charge on any atom is -0.489 e. The van der Waals surface area contributed by atoms with E-state index in [1.54, 1.807) is 6.92 Å². The van der Waals surface area contributed by atoms with E-state index in [1.807, 2.05) is 72.8 Å². The minimum atomic E-state index is -0.277. The predicted octanol–water partition coefficient (Wildman–Crippen LogP) is 6.82. The minimum absolute atomic E-state index is 0.159. The van der Waals surface area contributed by atoms with Crippen molar-refractivity contribution < 1.29 is 23.4 Å². The van der Waals surface area contributed by atoms with Crippen molar-refractivity contribution in [2.24, 2.45) is 5.73 Å². The second-order valence-corrected chi connectivity index (χ2v) is 9.16. The zero-order valence-corrected chi connectivity index (χ0v) is 21.9. The second-order valence-electron chi connectivity index (χ2n) is 9.16. The first kappa shape index (κ1) is 26.1. The van der Waals surface area contributed by atoms with Crippen LogP contribution >= 0.6 is 0 Å². The Labute approximate surface area is 227 Å². The van der Waals surface area contributed by atoms with Gasteiger partial charge in [0.1, 0.15) is 36.1 Å². The van der Waals surface area contributed by atoms with Gasteiger partial charge >= 0.3 is 5.97 Å². The number of para-hydroxylation sites is 2. The van der Waals surface area contributed by atoms with Crippen molar-refractivity contribution in [3.05, 3.63) is 120 Å². The normalized spacial score (nSPS) is 10.9. The molecule has 5 aromatic rings. The summed E-state index contributed by atoms with van der Waals surface area (Å²) < 4.78 is 23.6. The lowest BCUT2D eigenvalue weighted by atomic mass is 9.99. The van der Waals surface area contributed by atoms with Gasteiger partial charge in [0.25, 0.3) is 0 Å². The van der Waals surface area contributed by atoms with Crippen molar-refractivity contribution in [2.45, 2.75) is 33.1 Å². The molecule has 1 heterocycles. The van der Waals surface area contributed by atoms with Gasteiger partial charge in [-0.05, 0) is 66.1 Å². The average Bonchev–Trinajstić information content (AvgIpc) is 3.39. The summed E-state index contributed by atoms with van der Waals surface area (Å²) >= 11 is 0. The van der Waals surface area contributed by atoms with Gasteiger partial charge in [-0.15, -0.1) is 0 Å². The highest BCUT2D eigenvalue weighted by atomic mass is 16.5. The van der Waals surface area contributed by atoms with Crippen molar-refractivity contribution in [1.29, 1.82) is 0 Å². The predicted molar refractivity (Wildman–Crippen MR) is 151 cm³/mol. The Bertz CT molecular complexity index is 1560. The molecule has 0 fully saturated rings. The van der Waals surface area contributed by atoms with Crippen molar-refractivity contribution in [3.8, 4) is 22.6 Å². The van der Waals surface area contributed by atoms with Crippen molar-refractivity contribution in [2.75, 3.05) is 6.61 Å². The molecule has 5 rings (SSSR count). The molecule has 0 aliphatic carbocycles. The van der Waals surface area contributed by atoms with Gasteiger partial charge in [-0.3, -0.25) is 4.79 Å². The van der Waals surface area contributed by atoms with Gasteiger partial charge in [0.2, 0.25) is 0 Å². The van der Waals surface area contributed by atoms with Crippen LogP contribution in [0.5, 0.6) is 11.5 Å². The van der Waals surface area contributed by atoms with E-state index in [9.17, 15) is 4.79 Å². The van der Waals surface area contributed by atoms with Crippen LogP contribution in [0.2, 0.25) is 0 Å². The van der Waals surface area contributed by atoms with E-state index in [1.165, 1.54) is 0 Å². The Morgan fingerprint density at radius 3 is 2.46 bits per heavy atom. The number of carbonyl (C=O) groups excluding carboxylic acids is 1. The Balaban J connectivity index is 1.45. The summed E-state index contributed by atoms with van der Waals surface area (Å²) in [5.74, 6) is 1.88. The summed E-state index contributed by atoms with van der Waals surface area (Å²) in [6.45, 7) is 3.23. The molecule has 39 heavy (non-hydrogen) atoms. The number of ether oxygens (including phenoxy) is 3. The summed E-state index contributed by atoms with van der Waals surface area (Å²) in [5, 5.41) is 0.954. The SMILES string of the molecule is CCOC(=O)Cc1ccccc1OCc1cc(-c2cccc(CN)c2)c2oc(COc3ccccc3)cc2c1. The number of hydrogen-bond acceptors (Lipinski definition) is 6. The van der Waals surface area contributed by atoms with Crippen LogP contribution < -0.4 is 15.2 Å². The summed E-state index contributed by atoms with van der Waals surface area (Å²) in [6, 6.07) is 31.5. The third kappa shape index (κ3) is 6.48. The molecular weight excluding hydrogens is 490 g/mol. The van der Waals surface area contributed by atoms with Gasteiger partial charge in [-0.1, -0.05) is 54.6 Å². The lowest BCUT2D eigenvalue weighted by Crippen LogP contribution is -2.09. The number of esters is 1. The highest BCUT2D eigenvalue weighted by molar-refractivity contribution is 5.93. The van der Waals surface area contributed by atoms with Crippen LogP contribution in [0.25, 0.3) is 22.1 Å². The van der Waals surface area contributed by atoms with Crippen LogP contribution in [-0.2, 0) is 35.7 Å². The molecule has 0 unspecified atom stereocenters. The Morgan fingerprint density at radius 1 is 0.821 bits per heavy atom. The highest BCUT2D eigenvalue weighted by Gasteiger charge is 2.15. The quantitative estimate of drug-likeness (QED) is 0.192.